The summed E-state index contributed by atoms with van der Waals surface area (Å²) in [6.45, 7) is 22.4. The first kappa shape index (κ1) is 42.5. The minimum Gasteiger partial charge on any atom is -0.443 e. The number of nitrogens with one attached hydrogen (secondary N) is 3. The average Bonchev–Trinajstić information content (AvgIpc) is 3.23. The lowest BCUT2D eigenvalue weighted by Gasteiger charge is -2.19. The fourth-order valence-electron chi connectivity index (χ4n) is 3.61. The Morgan fingerprint density at radius 1 is 1.32 bits per heavy atom. The molecule has 1 aliphatic carbocycles. The average molecular weight is 599 g/mol. The van der Waals surface area contributed by atoms with Crippen LogP contribution in [0.5, 0.6) is 0 Å². The van der Waals surface area contributed by atoms with E-state index in [1.165, 1.54) is 31.6 Å². The van der Waals surface area contributed by atoms with Gasteiger partial charge < -0.3 is 25.5 Å². The van der Waals surface area contributed by atoms with Crippen molar-refractivity contribution in [3.63, 3.8) is 0 Å². The summed E-state index contributed by atoms with van der Waals surface area (Å²) in [5.74, 6) is -0.810. The van der Waals surface area contributed by atoms with E-state index in [4.69, 9.17) is 9.53 Å². The number of cyclic esters (lactones) is 1. The first-order chi connectivity index (χ1) is 19.7. The van der Waals surface area contributed by atoms with Gasteiger partial charge in [-0.1, -0.05) is 57.8 Å². The molecule has 0 saturated carbocycles. The van der Waals surface area contributed by atoms with Gasteiger partial charge in [-0.15, -0.1) is 13.2 Å². The highest BCUT2D eigenvalue weighted by atomic mass is 32.1. The highest BCUT2D eigenvalue weighted by Gasteiger charge is 2.33. The summed E-state index contributed by atoms with van der Waals surface area (Å²) in [6, 6.07) is -0.264. The minimum absolute atomic E-state index is 0.198. The molecule has 0 aromatic carbocycles. The second-order valence-electron chi connectivity index (χ2n) is 8.26. The van der Waals surface area contributed by atoms with Crippen LogP contribution in [0.4, 0.5) is 13.6 Å². The molecule has 3 atom stereocenters. The molecule has 1 heterocycles. The number of hydrogen-bond donors (Lipinski definition) is 3. The van der Waals surface area contributed by atoms with Gasteiger partial charge in [-0.05, 0) is 65.1 Å². The highest BCUT2D eigenvalue weighted by molar-refractivity contribution is 7.78. The first-order valence-corrected chi connectivity index (χ1v) is 14.3. The number of aldehydes is 1. The van der Waals surface area contributed by atoms with Crippen molar-refractivity contribution in [2.24, 2.45) is 5.92 Å². The molecule has 1 fully saturated rings. The van der Waals surface area contributed by atoms with Gasteiger partial charge in [0.15, 0.2) is 0 Å². The number of carbonyl (C=O) groups excluding carboxylic acids is 2. The van der Waals surface area contributed by atoms with Crippen LogP contribution >= 0.6 is 12.2 Å². The Morgan fingerprint density at radius 3 is 2.39 bits per heavy atom. The molecule has 1 saturated heterocycles. The summed E-state index contributed by atoms with van der Waals surface area (Å²) in [4.78, 5) is 22.5. The van der Waals surface area contributed by atoms with Crippen LogP contribution < -0.4 is 16.0 Å². The Kier molecular flexibility index (Phi) is 29.6. The lowest BCUT2D eigenvalue weighted by Crippen LogP contribution is -2.34. The van der Waals surface area contributed by atoms with Crippen LogP contribution in [0.25, 0.3) is 0 Å². The monoisotopic (exact) mass is 598 g/mol. The van der Waals surface area contributed by atoms with Crippen LogP contribution in [-0.2, 0) is 9.53 Å². The molecule has 3 unspecified atom stereocenters. The topological polar surface area (TPSA) is 82.7 Å². The van der Waals surface area contributed by atoms with Crippen molar-refractivity contribution in [1.29, 1.82) is 0 Å². The van der Waals surface area contributed by atoms with Crippen LogP contribution in [-0.4, -0.2) is 68.1 Å². The van der Waals surface area contributed by atoms with Crippen molar-refractivity contribution in [2.45, 2.75) is 66.5 Å². The smallest absolute Gasteiger partial charge is 0.410 e. The second kappa shape index (κ2) is 28.6. The Bertz CT molecular complexity index is 865. The number of nitrogens with zero attached hydrogens (tertiary/aromatic N) is 1. The predicted octanol–water partition coefficient (Wildman–Crippen LogP) is 6.72. The van der Waals surface area contributed by atoms with Crippen molar-refractivity contribution in [1.82, 2.24) is 20.9 Å². The lowest BCUT2D eigenvalue weighted by molar-refractivity contribution is -0.106. The molecule has 7 nitrogen and oxygen atoms in total. The fraction of sp³-hybridized carbons (Fsp3) is 0.516. The van der Waals surface area contributed by atoms with E-state index in [9.17, 15) is 13.6 Å². The molecule has 0 aromatic heterocycles. The van der Waals surface area contributed by atoms with Crippen LogP contribution in [0.2, 0.25) is 0 Å². The molecule has 41 heavy (non-hydrogen) atoms. The molecule has 2 rings (SSSR count). The van der Waals surface area contributed by atoms with Gasteiger partial charge >= 0.3 is 6.09 Å². The third-order valence-electron chi connectivity index (χ3n) is 5.44. The number of hydrogen-bond acceptors (Lipinski definition) is 6. The summed E-state index contributed by atoms with van der Waals surface area (Å²) in [6.07, 6.45) is 9.78. The standard InChI is InChI=1S/C22H33F2N3O2.C3H5NS.C2H4O.C2H6.C2H4/c1-5-26-12-18-8-6-7-17(11-21(18)24)20(16(3)23)10-9-15(2)27-14-19(13-25-4)29-22(27)28;1-2-4-3-5;1-2-3;2*1-2/h7,9-11,15,18-19,25-26H,5-6,8,12-14H2,1-4H3;2-3H,1H2,(H,4,5);2H,1H3;1-2H3;1-2H2/b10-9-,20-16-;;;;. The molecule has 2 aliphatic rings. The van der Waals surface area contributed by atoms with Crippen LogP contribution in [0.3, 0.4) is 0 Å². The predicted molar refractivity (Wildman–Crippen MR) is 173 cm³/mol. The fourth-order valence-corrected chi connectivity index (χ4v) is 3.71. The maximum atomic E-state index is 14.7. The number of carbonyl (C=O) groups is 2. The number of thiocarbonyl (C=S) groups is 1. The lowest BCUT2D eigenvalue weighted by atomic mass is 10.0. The molecule has 0 aromatic rings. The summed E-state index contributed by atoms with van der Waals surface area (Å²) >= 11 is 4.34. The summed E-state index contributed by atoms with van der Waals surface area (Å²) in [7, 11) is 1.80. The van der Waals surface area contributed by atoms with Gasteiger partial charge in [0.2, 0.25) is 0 Å². The number of halogens is 2. The zero-order chi connectivity index (χ0) is 32.2. The van der Waals surface area contributed by atoms with Gasteiger partial charge in [-0.25, -0.2) is 13.6 Å². The third kappa shape index (κ3) is 18.9. The quantitative estimate of drug-likeness (QED) is 0.105. The van der Waals surface area contributed by atoms with Gasteiger partial charge in [0.25, 0.3) is 0 Å². The van der Waals surface area contributed by atoms with Gasteiger partial charge in [0.05, 0.1) is 18.1 Å². The maximum absolute atomic E-state index is 14.7. The van der Waals surface area contributed by atoms with Crippen molar-refractivity contribution in [3.05, 3.63) is 73.0 Å². The molecule has 0 bridgehead atoms. The Hall–Kier alpha value is -2.95. The summed E-state index contributed by atoms with van der Waals surface area (Å²) in [5.41, 5.74) is 2.28. The van der Waals surface area contributed by atoms with Crippen molar-refractivity contribution in [3.8, 4) is 0 Å². The van der Waals surface area contributed by atoms with Gasteiger partial charge in [-0.3, -0.25) is 4.90 Å². The zero-order valence-electron chi connectivity index (χ0n) is 26.0. The SMILES string of the molecule is C=C.C=CNC=S.CC.CC=O.CCNCC1CCC=C(C(/C=C\C(C)N2CC(CNC)OC2=O)=C(/C)F)C=C1F. The largest absolute Gasteiger partial charge is 0.443 e. The molecule has 1 amide bonds. The number of ether oxygens (including phenoxy) is 1. The first-order valence-electron chi connectivity index (χ1n) is 13.9. The Balaban J connectivity index is -0.00000103. The highest BCUT2D eigenvalue weighted by Crippen LogP contribution is 2.30. The van der Waals surface area contributed by atoms with Gasteiger partial charge in [-0.2, -0.15) is 0 Å². The zero-order valence-corrected chi connectivity index (χ0v) is 26.8. The Morgan fingerprint density at radius 2 is 1.93 bits per heavy atom. The number of rotatable bonds is 11. The molecule has 10 heteroatoms. The molecule has 1 aliphatic heterocycles. The van der Waals surface area contributed by atoms with E-state index >= 15 is 0 Å². The molecule has 0 spiro atoms. The number of likely N-dealkylation sites (N-methyl/N-ethyl adjacent to an activating group) is 1. The molecular formula is C31H52F2N4O3S. The van der Waals surface area contributed by atoms with E-state index < -0.39 is 0 Å². The van der Waals surface area contributed by atoms with E-state index in [1.807, 2.05) is 33.8 Å². The number of amides is 1. The molecule has 0 radical (unpaired) electrons. The van der Waals surface area contributed by atoms with E-state index in [0.29, 0.717) is 43.6 Å². The normalized spacial score (nSPS) is 18.8. The Labute approximate surface area is 252 Å². The van der Waals surface area contributed by atoms with Crippen LogP contribution in [0, 0.1) is 5.92 Å². The molecule has 234 valence electrons. The molecular weight excluding hydrogens is 546 g/mol. The molecule has 3 N–H and O–H groups in total. The van der Waals surface area contributed by atoms with Crippen LogP contribution in [0.15, 0.2) is 73.0 Å². The van der Waals surface area contributed by atoms with E-state index in [-0.39, 0.29) is 35.8 Å². The van der Waals surface area contributed by atoms with Gasteiger partial charge in [0, 0.05) is 24.6 Å². The van der Waals surface area contributed by atoms with Gasteiger partial charge in [0.1, 0.15) is 24.0 Å². The van der Waals surface area contributed by atoms with E-state index in [0.717, 1.165) is 12.8 Å². The maximum Gasteiger partial charge on any atom is 0.410 e. The van der Waals surface area contributed by atoms with Crippen molar-refractivity contribution < 1.29 is 23.1 Å². The van der Waals surface area contributed by atoms with E-state index in [2.05, 4.69) is 47.9 Å². The minimum atomic E-state index is -0.383. The van der Waals surface area contributed by atoms with Crippen LogP contribution in [0.1, 0.15) is 54.4 Å². The van der Waals surface area contributed by atoms with Crippen molar-refractivity contribution >= 4 is 30.1 Å². The van der Waals surface area contributed by atoms with Crippen molar-refractivity contribution in [2.75, 3.05) is 33.2 Å². The summed E-state index contributed by atoms with van der Waals surface area (Å²) < 4.78 is 34.2. The van der Waals surface area contributed by atoms with E-state index in [1.54, 1.807) is 24.1 Å². The third-order valence-corrected chi connectivity index (χ3v) is 5.57. The summed E-state index contributed by atoms with van der Waals surface area (Å²) in [5, 5.41) is 8.73. The number of allylic oxidation sites excluding steroid dienone is 6. The second-order valence-corrected chi connectivity index (χ2v) is 8.49.